The summed E-state index contributed by atoms with van der Waals surface area (Å²) >= 11 is 0. The number of aldehydes is 1. The zero-order chi connectivity index (χ0) is 6.85. The zero-order valence-corrected chi connectivity index (χ0v) is 5.31. The summed E-state index contributed by atoms with van der Waals surface area (Å²) in [7, 11) is 0. The highest BCUT2D eigenvalue weighted by Gasteiger charge is 2.18. The molecular weight excluding hydrogens is 116 g/mol. The maximum Gasteiger partial charge on any atom is 0.166 e. The minimum Gasteiger partial charge on any atom is -0.298 e. The minimum absolute atomic E-state index is 0.00231. The number of carbonyl (C=O) groups excluding carboxylic acids is 2. The summed E-state index contributed by atoms with van der Waals surface area (Å²) in [5.41, 5.74) is 1.34. The first-order chi connectivity index (χ1) is 4.25. The predicted octanol–water partition coefficient (Wildman–Crippen LogP) is 0.865. The van der Waals surface area contributed by atoms with Gasteiger partial charge in [0.2, 0.25) is 0 Å². The SMILES string of the molecule is CC1=C(C=O)C(=O)CC1. The Balaban J connectivity index is 2.94. The lowest BCUT2D eigenvalue weighted by Crippen LogP contribution is -1.95. The molecule has 1 rings (SSSR count). The van der Waals surface area contributed by atoms with Gasteiger partial charge in [0.15, 0.2) is 12.1 Å². The predicted molar refractivity (Wildman–Crippen MR) is 33.0 cm³/mol. The molecule has 0 bridgehead atoms. The number of allylic oxidation sites excluding steroid dienone is 2. The lowest BCUT2D eigenvalue weighted by molar-refractivity contribution is -0.116. The molecule has 1 aliphatic rings. The lowest BCUT2D eigenvalue weighted by Gasteiger charge is -1.85. The van der Waals surface area contributed by atoms with E-state index in [0.717, 1.165) is 12.0 Å². The van der Waals surface area contributed by atoms with Crippen molar-refractivity contribution >= 4 is 12.1 Å². The second kappa shape index (κ2) is 2.13. The maximum absolute atomic E-state index is 10.7. The summed E-state index contributed by atoms with van der Waals surface area (Å²) < 4.78 is 0. The molecule has 0 aromatic rings. The van der Waals surface area contributed by atoms with E-state index in [9.17, 15) is 9.59 Å². The Labute approximate surface area is 53.6 Å². The summed E-state index contributed by atoms with van der Waals surface area (Å²) in [4.78, 5) is 20.9. The quantitative estimate of drug-likeness (QED) is 0.384. The van der Waals surface area contributed by atoms with Crippen molar-refractivity contribution in [3.8, 4) is 0 Å². The Kier molecular flexibility index (Phi) is 1.47. The van der Waals surface area contributed by atoms with Crippen molar-refractivity contribution in [1.29, 1.82) is 0 Å². The largest absolute Gasteiger partial charge is 0.298 e. The molecule has 0 atom stereocenters. The van der Waals surface area contributed by atoms with Crippen LogP contribution in [0.15, 0.2) is 11.1 Å². The molecule has 0 spiro atoms. The molecule has 0 aliphatic heterocycles. The van der Waals surface area contributed by atoms with E-state index in [4.69, 9.17) is 0 Å². The highest BCUT2D eigenvalue weighted by Crippen LogP contribution is 2.19. The van der Waals surface area contributed by atoms with E-state index in [0.29, 0.717) is 18.3 Å². The lowest BCUT2D eigenvalue weighted by atomic mass is 10.2. The standard InChI is InChI=1S/C7H8O2/c1-5-2-3-7(9)6(5)4-8/h4H,2-3H2,1H3. The van der Waals surface area contributed by atoms with E-state index >= 15 is 0 Å². The van der Waals surface area contributed by atoms with Gasteiger partial charge in [0, 0.05) is 6.42 Å². The van der Waals surface area contributed by atoms with Crippen LogP contribution in [-0.4, -0.2) is 12.1 Å². The van der Waals surface area contributed by atoms with Crippen LogP contribution < -0.4 is 0 Å². The highest BCUT2D eigenvalue weighted by molar-refractivity contribution is 6.14. The van der Waals surface area contributed by atoms with Crippen LogP contribution in [0.5, 0.6) is 0 Å². The van der Waals surface area contributed by atoms with Crippen LogP contribution in [0.1, 0.15) is 19.8 Å². The van der Waals surface area contributed by atoms with Crippen LogP contribution >= 0.6 is 0 Å². The first kappa shape index (κ1) is 6.20. The second-order valence-electron chi connectivity index (χ2n) is 2.24. The summed E-state index contributed by atoms with van der Waals surface area (Å²) in [6.45, 7) is 1.83. The fourth-order valence-corrected chi connectivity index (χ4v) is 0.975. The van der Waals surface area contributed by atoms with Gasteiger partial charge in [0.05, 0.1) is 5.57 Å². The fourth-order valence-electron chi connectivity index (χ4n) is 0.975. The van der Waals surface area contributed by atoms with Gasteiger partial charge in [-0.3, -0.25) is 9.59 Å². The molecule has 0 fully saturated rings. The number of hydrogen-bond acceptors (Lipinski definition) is 2. The zero-order valence-electron chi connectivity index (χ0n) is 5.31. The Bertz CT molecular complexity index is 189. The molecule has 0 heterocycles. The van der Waals surface area contributed by atoms with Crippen molar-refractivity contribution in [2.75, 3.05) is 0 Å². The van der Waals surface area contributed by atoms with Crippen LogP contribution in [0.4, 0.5) is 0 Å². The van der Waals surface area contributed by atoms with Crippen molar-refractivity contribution in [2.24, 2.45) is 0 Å². The first-order valence-electron chi connectivity index (χ1n) is 2.94. The highest BCUT2D eigenvalue weighted by atomic mass is 16.1. The van der Waals surface area contributed by atoms with E-state index in [1.165, 1.54) is 0 Å². The molecule has 48 valence electrons. The molecular formula is C7H8O2. The Morgan fingerprint density at radius 1 is 1.44 bits per heavy atom. The number of ketones is 1. The van der Waals surface area contributed by atoms with Gasteiger partial charge < -0.3 is 0 Å². The van der Waals surface area contributed by atoms with Gasteiger partial charge in [-0.05, 0) is 13.3 Å². The van der Waals surface area contributed by atoms with E-state index in [1.54, 1.807) is 0 Å². The van der Waals surface area contributed by atoms with Crippen molar-refractivity contribution < 1.29 is 9.59 Å². The van der Waals surface area contributed by atoms with Crippen molar-refractivity contribution in [3.05, 3.63) is 11.1 Å². The summed E-state index contributed by atoms with van der Waals surface area (Å²) in [6, 6.07) is 0. The summed E-state index contributed by atoms with van der Waals surface area (Å²) in [6.07, 6.45) is 1.96. The normalized spacial score (nSPS) is 19.0. The van der Waals surface area contributed by atoms with Crippen molar-refractivity contribution in [3.63, 3.8) is 0 Å². The van der Waals surface area contributed by atoms with Gasteiger partial charge >= 0.3 is 0 Å². The number of carbonyl (C=O) groups is 2. The molecule has 0 radical (unpaired) electrons. The Hall–Kier alpha value is -0.920. The third-order valence-electron chi connectivity index (χ3n) is 1.61. The monoisotopic (exact) mass is 124 g/mol. The van der Waals surface area contributed by atoms with E-state index < -0.39 is 0 Å². The molecule has 0 N–H and O–H groups in total. The topological polar surface area (TPSA) is 34.1 Å². The second-order valence-corrected chi connectivity index (χ2v) is 2.24. The third-order valence-corrected chi connectivity index (χ3v) is 1.61. The van der Waals surface area contributed by atoms with Gasteiger partial charge in [0.1, 0.15) is 0 Å². The number of Topliss-reactive ketones (excluding diaryl/α,β-unsaturated/α-hetero) is 1. The van der Waals surface area contributed by atoms with Gasteiger partial charge in [-0.25, -0.2) is 0 Å². The van der Waals surface area contributed by atoms with Crippen LogP contribution in [0.3, 0.4) is 0 Å². The van der Waals surface area contributed by atoms with Crippen LogP contribution in [-0.2, 0) is 9.59 Å². The van der Waals surface area contributed by atoms with Gasteiger partial charge in [-0.1, -0.05) is 5.57 Å². The molecule has 0 aromatic heterocycles. The molecule has 0 unspecified atom stereocenters. The molecule has 0 saturated heterocycles. The average molecular weight is 124 g/mol. The number of rotatable bonds is 1. The van der Waals surface area contributed by atoms with E-state index in [2.05, 4.69) is 0 Å². The molecule has 0 saturated carbocycles. The van der Waals surface area contributed by atoms with Gasteiger partial charge in [-0.2, -0.15) is 0 Å². The molecule has 0 aromatic carbocycles. The first-order valence-corrected chi connectivity index (χ1v) is 2.94. The molecule has 2 heteroatoms. The van der Waals surface area contributed by atoms with Gasteiger partial charge in [-0.15, -0.1) is 0 Å². The van der Waals surface area contributed by atoms with Crippen molar-refractivity contribution in [1.82, 2.24) is 0 Å². The molecule has 2 nitrogen and oxygen atoms in total. The maximum atomic E-state index is 10.7. The summed E-state index contributed by atoms with van der Waals surface area (Å²) in [5, 5.41) is 0. The van der Waals surface area contributed by atoms with Crippen LogP contribution in [0.2, 0.25) is 0 Å². The van der Waals surface area contributed by atoms with E-state index in [1.807, 2.05) is 6.92 Å². The molecule has 1 aliphatic carbocycles. The smallest absolute Gasteiger partial charge is 0.166 e. The van der Waals surface area contributed by atoms with Crippen LogP contribution in [0, 0.1) is 0 Å². The summed E-state index contributed by atoms with van der Waals surface area (Å²) in [5.74, 6) is 0.00231. The van der Waals surface area contributed by atoms with Crippen LogP contribution in [0.25, 0.3) is 0 Å². The van der Waals surface area contributed by atoms with E-state index in [-0.39, 0.29) is 5.78 Å². The molecule has 9 heavy (non-hydrogen) atoms. The fraction of sp³-hybridized carbons (Fsp3) is 0.429. The minimum atomic E-state index is 0.00231. The third kappa shape index (κ3) is 0.922. The average Bonchev–Trinajstić information content (AvgIpc) is 2.12. The van der Waals surface area contributed by atoms with Gasteiger partial charge in [0.25, 0.3) is 0 Å². The number of hydrogen-bond donors (Lipinski definition) is 0. The Morgan fingerprint density at radius 2 is 2.11 bits per heavy atom. The Morgan fingerprint density at radius 3 is 2.33 bits per heavy atom. The molecule has 0 amide bonds. The van der Waals surface area contributed by atoms with Crippen molar-refractivity contribution in [2.45, 2.75) is 19.8 Å².